The molecule has 5 heteroatoms. The Labute approximate surface area is 138 Å². The molecule has 1 fully saturated rings. The third-order valence-corrected chi connectivity index (χ3v) is 4.20. The average molecular weight is 311 g/mol. The molecule has 122 valence electrons. The SMILES string of the molecule is CCN(CC)c1ccc(Nc2cc(NC3CC3)ncn2)c(C)c1. The van der Waals surface area contributed by atoms with Crippen molar-refractivity contribution in [2.45, 2.75) is 39.7 Å². The van der Waals surface area contributed by atoms with E-state index in [9.17, 15) is 0 Å². The number of aromatic nitrogens is 2. The minimum absolute atomic E-state index is 0.591. The monoisotopic (exact) mass is 311 g/mol. The number of nitrogens with zero attached hydrogens (tertiary/aromatic N) is 3. The van der Waals surface area contributed by atoms with E-state index in [4.69, 9.17) is 0 Å². The summed E-state index contributed by atoms with van der Waals surface area (Å²) in [6.45, 7) is 8.52. The lowest BCUT2D eigenvalue weighted by Gasteiger charge is -2.22. The Morgan fingerprint density at radius 1 is 1.09 bits per heavy atom. The van der Waals surface area contributed by atoms with Crippen molar-refractivity contribution in [2.24, 2.45) is 0 Å². The standard InChI is InChI=1S/C18H25N5/c1-4-23(5-2)15-8-9-16(13(3)10-15)22-18-11-17(19-12-20-18)21-14-6-7-14/h8-12,14H,4-7H2,1-3H3,(H2,19,20,21,22). The van der Waals surface area contributed by atoms with Crippen LogP contribution in [0.3, 0.4) is 0 Å². The van der Waals surface area contributed by atoms with E-state index in [0.29, 0.717) is 6.04 Å². The molecule has 0 amide bonds. The van der Waals surface area contributed by atoms with Gasteiger partial charge >= 0.3 is 0 Å². The second kappa shape index (κ2) is 6.86. The van der Waals surface area contributed by atoms with Crippen LogP contribution in [0.2, 0.25) is 0 Å². The highest BCUT2D eigenvalue weighted by atomic mass is 15.1. The molecule has 0 spiro atoms. The number of hydrogen-bond acceptors (Lipinski definition) is 5. The first-order valence-corrected chi connectivity index (χ1v) is 8.40. The molecule has 0 saturated heterocycles. The Balaban J connectivity index is 1.74. The van der Waals surface area contributed by atoms with E-state index in [1.807, 2.05) is 6.07 Å². The van der Waals surface area contributed by atoms with Crippen molar-refractivity contribution >= 4 is 23.0 Å². The highest BCUT2D eigenvalue weighted by Crippen LogP contribution is 2.27. The summed E-state index contributed by atoms with van der Waals surface area (Å²) < 4.78 is 0. The molecule has 1 saturated carbocycles. The topological polar surface area (TPSA) is 53.1 Å². The maximum atomic E-state index is 4.32. The molecule has 0 aliphatic heterocycles. The molecule has 0 atom stereocenters. The molecule has 0 bridgehead atoms. The van der Waals surface area contributed by atoms with Crippen LogP contribution in [0.25, 0.3) is 0 Å². The van der Waals surface area contributed by atoms with Gasteiger partial charge in [-0.25, -0.2) is 9.97 Å². The molecular weight excluding hydrogens is 286 g/mol. The lowest BCUT2D eigenvalue weighted by atomic mass is 10.1. The van der Waals surface area contributed by atoms with Gasteiger partial charge in [-0.15, -0.1) is 0 Å². The molecule has 0 radical (unpaired) electrons. The van der Waals surface area contributed by atoms with Crippen molar-refractivity contribution in [1.29, 1.82) is 0 Å². The lowest BCUT2D eigenvalue weighted by molar-refractivity contribution is 0.866. The van der Waals surface area contributed by atoms with Crippen molar-refractivity contribution in [3.63, 3.8) is 0 Å². The summed E-state index contributed by atoms with van der Waals surface area (Å²) in [6.07, 6.45) is 4.07. The Hall–Kier alpha value is -2.30. The second-order valence-electron chi connectivity index (χ2n) is 6.00. The molecule has 0 unspecified atom stereocenters. The van der Waals surface area contributed by atoms with Gasteiger partial charge in [0.1, 0.15) is 18.0 Å². The zero-order valence-electron chi connectivity index (χ0n) is 14.1. The van der Waals surface area contributed by atoms with Crippen molar-refractivity contribution < 1.29 is 0 Å². The van der Waals surface area contributed by atoms with Crippen LogP contribution in [0.15, 0.2) is 30.6 Å². The van der Waals surface area contributed by atoms with Crippen LogP contribution >= 0.6 is 0 Å². The van der Waals surface area contributed by atoms with E-state index in [1.54, 1.807) is 6.33 Å². The molecule has 1 aromatic heterocycles. The fourth-order valence-corrected chi connectivity index (χ4v) is 2.65. The molecule has 1 heterocycles. The molecule has 1 aromatic carbocycles. The molecular formula is C18H25N5. The largest absolute Gasteiger partial charge is 0.372 e. The molecule has 5 nitrogen and oxygen atoms in total. The van der Waals surface area contributed by atoms with Crippen molar-refractivity contribution in [2.75, 3.05) is 28.6 Å². The fraction of sp³-hybridized carbons (Fsp3) is 0.444. The van der Waals surface area contributed by atoms with Crippen molar-refractivity contribution in [3.8, 4) is 0 Å². The number of rotatable bonds is 7. The minimum Gasteiger partial charge on any atom is -0.372 e. The van der Waals surface area contributed by atoms with Gasteiger partial charge in [-0.05, 0) is 57.4 Å². The number of benzene rings is 1. The average Bonchev–Trinajstić information content (AvgIpc) is 3.35. The maximum Gasteiger partial charge on any atom is 0.135 e. The number of anilines is 4. The number of aryl methyl sites for hydroxylation is 1. The summed E-state index contributed by atoms with van der Waals surface area (Å²) in [5.74, 6) is 1.71. The van der Waals surface area contributed by atoms with Crippen LogP contribution in [-0.4, -0.2) is 29.1 Å². The highest BCUT2D eigenvalue weighted by Gasteiger charge is 2.21. The zero-order valence-corrected chi connectivity index (χ0v) is 14.1. The lowest BCUT2D eigenvalue weighted by Crippen LogP contribution is -2.21. The normalized spacial score (nSPS) is 13.7. The van der Waals surface area contributed by atoms with Crippen LogP contribution in [0.1, 0.15) is 32.3 Å². The third-order valence-electron chi connectivity index (χ3n) is 4.20. The van der Waals surface area contributed by atoms with E-state index < -0.39 is 0 Å². The van der Waals surface area contributed by atoms with E-state index in [2.05, 4.69) is 64.5 Å². The van der Waals surface area contributed by atoms with E-state index in [-0.39, 0.29) is 0 Å². The summed E-state index contributed by atoms with van der Waals surface area (Å²) >= 11 is 0. The summed E-state index contributed by atoms with van der Waals surface area (Å²) in [7, 11) is 0. The molecule has 1 aliphatic rings. The first-order valence-electron chi connectivity index (χ1n) is 8.40. The van der Waals surface area contributed by atoms with Crippen LogP contribution in [0, 0.1) is 6.92 Å². The Kier molecular flexibility index (Phi) is 4.65. The number of nitrogens with one attached hydrogen (secondary N) is 2. The minimum atomic E-state index is 0.591. The fourth-order valence-electron chi connectivity index (χ4n) is 2.65. The summed E-state index contributed by atoms with van der Waals surface area (Å²) in [6, 6.07) is 9.06. The Morgan fingerprint density at radius 2 is 1.83 bits per heavy atom. The Bertz CT molecular complexity index is 662. The van der Waals surface area contributed by atoms with Gasteiger partial charge < -0.3 is 15.5 Å². The summed E-state index contributed by atoms with van der Waals surface area (Å²) in [4.78, 5) is 10.9. The summed E-state index contributed by atoms with van der Waals surface area (Å²) in [5, 5.41) is 6.80. The number of hydrogen-bond donors (Lipinski definition) is 2. The van der Waals surface area contributed by atoms with Gasteiger partial charge in [-0.3, -0.25) is 0 Å². The van der Waals surface area contributed by atoms with E-state index >= 15 is 0 Å². The van der Waals surface area contributed by atoms with Gasteiger partial charge in [0.15, 0.2) is 0 Å². The van der Waals surface area contributed by atoms with Gasteiger partial charge in [-0.1, -0.05) is 0 Å². The van der Waals surface area contributed by atoms with Crippen molar-refractivity contribution in [3.05, 3.63) is 36.2 Å². The van der Waals surface area contributed by atoms with E-state index in [1.165, 1.54) is 24.1 Å². The first-order chi connectivity index (χ1) is 11.2. The third kappa shape index (κ3) is 3.92. The van der Waals surface area contributed by atoms with Crippen LogP contribution < -0.4 is 15.5 Å². The predicted molar refractivity (Wildman–Crippen MR) is 96.7 cm³/mol. The van der Waals surface area contributed by atoms with Crippen molar-refractivity contribution in [1.82, 2.24) is 9.97 Å². The molecule has 23 heavy (non-hydrogen) atoms. The molecule has 2 aromatic rings. The Morgan fingerprint density at radius 3 is 2.48 bits per heavy atom. The quantitative estimate of drug-likeness (QED) is 0.811. The van der Waals surface area contributed by atoms with Crippen LogP contribution in [0.5, 0.6) is 0 Å². The predicted octanol–water partition coefficient (Wildman–Crippen LogP) is 3.95. The van der Waals surface area contributed by atoms with Gasteiger partial charge in [0, 0.05) is 36.6 Å². The molecule has 3 rings (SSSR count). The van der Waals surface area contributed by atoms with Gasteiger partial charge in [0.25, 0.3) is 0 Å². The van der Waals surface area contributed by atoms with Gasteiger partial charge in [0.2, 0.25) is 0 Å². The smallest absolute Gasteiger partial charge is 0.135 e. The van der Waals surface area contributed by atoms with Crippen LogP contribution in [-0.2, 0) is 0 Å². The zero-order chi connectivity index (χ0) is 16.2. The van der Waals surface area contributed by atoms with Crippen LogP contribution in [0.4, 0.5) is 23.0 Å². The molecule has 2 N–H and O–H groups in total. The highest BCUT2D eigenvalue weighted by molar-refractivity contribution is 5.66. The van der Waals surface area contributed by atoms with E-state index in [0.717, 1.165) is 30.4 Å². The van der Waals surface area contributed by atoms with Gasteiger partial charge in [-0.2, -0.15) is 0 Å². The second-order valence-corrected chi connectivity index (χ2v) is 6.00. The molecule has 1 aliphatic carbocycles. The first kappa shape index (κ1) is 15.6. The summed E-state index contributed by atoms with van der Waals surface area (Å²) in [5.41, 5.74) is 3.55. The van der Waals surface area contributed by atoms with Gasteiger partial charge in [0.05, 0.1) is 0 Å². The maximum absolute atomic E-state index is 4.32.